The van der Waals surface area contributed by atoms with E-state index in [1.165, 1.54) is 72.5 Å². The molecular formula is C60H41N3. The summed E-state index contributed by atoms with van der Waals surface area (Å²) in [6.07, 6.45) is 6.72. The molecule has 3 heteroatoms. The molecule has 0 unspecified atom stereocenters. The molecule has 0 amide bonds. The van der Waals surface area contributed by atoms with Crippen molar-refractivity contribution in [2.45, 2.75) is 12.8 Å². The van der Waals surface area contributed by atoms with Gasteiger partial charge in [-0.3, -0.25) is 0 Å². The molecule has 0 N–H and O–H groups in total. The van der Waals surface area contributed by atoms with Crippen LogP contribution < -0.4 is 14.7 Å². The van der Waals surface area contributed by atoms with Crippen LogP contribution in [0.25, 0.3) is 55.7 Å². The maximum atomic E-state index is 2.53. The van der Waals surface area contributed by atoms with E-state index >= 15 is 0 Å². The molecule has 296 valence electrons. The van der Waals surface area contributed by atoms with Gasteiger partial charge in [-0.25, -0.2) is 0 Å². The standard InChI is InChI=1S/C60H41N3/c1-2-20-44-43(19-1)49-25-7-13-31-55(49)61(56-32-14-8-26-50(44)56)40-37-41(62-57-33-15-9-27-51(57)45-21-3-4-22-46(45)52-28-10-16-34-58(52)62)39-42(38-40)63-59-35-17-11-29-53(59)47-23-5-6-24-48(47)54-30-12-18-36-60(54)63/h1-5,7-23,25-39H,6,24H2. The van der Waals surface area contributed by atoms with Crippen molar-refractivity contribution in [2.24, 2.45) is 0 Å². The topological polar surface area (TPSA) is 9.72 Å². The lowest BCUT2D eigenvalue weighted by atomic mass is 9.88. The fraction of sp³-hybridized carbons (Fsp3) is 0.0333. The van der Waals surface area contributed by atoms with Crippen molar-refractivity contribution >= 4 is 62.3 Å². The van der Waals surface area contributed by atoms with Crippen molar-refractivity contribution in [3.63, 3.8) is 0 Å². The molecule has 63 heavy (non-hydrogen) atoms. The van der Waals surface area contributed by atoms with Crippen LogP contribution in [0.15, 0.2) is 224 Å². The van der Waals surface area contributed by atoms with E-state index in [-0.39, 0.29) is 0 Å². The van der Waals surface area contributed by atoms with Crippen molar-refractivity contribution in [1.29, 1.82) is 0 Å². The van der Waals surface area contributed by atoms with Crippen LogP contribution in [0.2, 0.25) is 0 Å². The van der Waals surface area contributed by atoms with Gasteiger partial charge in [0.1, 0.15) is 0 Å². The Bertz CT molecular complexity index is 3100. The summed E-state index contributed by atoms with van der Waals surface area (Å²) in [4.78, 5) is 7.53. The summed E-state index contributed by atoms with van der Waals surface area (Å²) in [5.41, 5.74) is 25.1. The summed E-state index contributed by atoms with van der Waals surface area (Å²) in [6, 6.07) is 78.7. The van der Waals surface area contributed by atoms with E-state index in [1.807, 2.05) is 0 Å². The summed E-state index contributed by atoms with van der Waals surface area (Å²) in [6.45, 7) is 0. The van der Waals surface area contributed by atoms with Gasteiger partial charge >= 0.3 is 0 Å². The Labute approximate surface area is 368 Å². The highest BCUT2D eigenvalue weighted by Crippen LogP contribution is 2.57. The lowest BCUT2D eigenvalue weighted by molar-refractivity contribution is 1.06. The van der Waals surface area contributed by atoms with Gasteiger partial charge in [0.15, 0.2) is 0 Å². The fourth-order valence-electron chi connectivity index (χ4n) is 10.7. The maximum Gasteiger partial charge on any atom is 0.0540 e. The second kappa shape index (κ2) is 14.2. The van der Waals surface area contributed by atoms with Crippen molar-refractivity contribution in [1.82, 2.24) is 0 Å². The summed E-state index contributed by atoms with van der Waals surface area (Å²) >= 11 is 0. The molecule has 3 nitrogen and oxygen atoms in total. The van der Waals surface area contributed by atoms with Crippen LogP contribution in [0.1, 0.15) is 24.0 Å². The highest BCUT2D eigenvalue weighted by molar-refractivity contribution is 6.09. The number of hydrogen-bond donors (Lipinski definition) is 0. The number of allylic oxidation sites excluding steroid dienone is 4. The van der Waals surface area contributed by atoms with Crippen LogP contribution in [0.5, 0.6) is 0 Å². The van der Waals surface area contributed by atoms with E-state index in [1.54, 1.807) is 0 Å². The summed E-state index contributed by atoms with van der Waals surface area (Å²) in [5, 5.41) is 0. The molecule has 0 saturated carbocycles. The smallest absolute Gasteiger partial charge is 0.0540 e. The van der Waals surface area contributed by atoms with Gasteiger partial charge in [-0.1, -0.05) is 170 Å². The van der Waals surface area contributed by atoms with Gasteiger partial charge in [0, 0.05) is 33.4 Å². The third kappa shape index (κ3) is 5.46. The maximum absolute atomic E-state index is 2.53. The monoisotopic (exact) mass is 803 g/mol. The Balaban J connectivity index is 1.15. The highest BCUT2D eigenvalue weighted by Gasteiger charge is 2.33. The minimum atomic E-state index is 1.00. The van der Waals surface area contributed by atoms with Crippen molar-refractivity contribution in [3.05, 3.63) is 236 Å². The number of hydrogen-bond acceptors (Lipinski definition) is 3. The SMILES string of the molecule is C1=CC2=C(CC1)c1ccccc1N(c1cc(N3c4ccccc4-c4ccccc4-c4ccccc43)cc(N3c4ccccc4-c4ccccc4-c4ccccc43)c1)c1ccccc12. The second-order valence-corrected chi connectivity index (χ2v) is 16.7. The number of para-hydroxylation sites is 6. The minimum absolute atomic E-state index is 1.00. The van der Waals surface area contributed by atoms with Crippen LogP contribution in [-0.2, 0) is 0 Å². The fourth-order valence-corrected chi connectivity index (χ4v) is 10.7. The number of benzene rings is 9. The van der Waals surface area contributed by atoms with Gasteiger partial charge in [-0.15, -0.1) is 0 Å². The molecule has 0 bridgehead atoms. The number of rotatable bonds is 3. The van der Waals surface area contributed by atoms with Gasteiger partial charge in [-0.2, -0.15) is 0 Å². The van der Waals surface area contributed by atoms with E-state index in [4.69, 9.17) is 0 Å². The first-order valence-electron chi connectivity index (χ1n) is 22.0. The molecule has 0 spiro atoms. The molecule has 0 saturated heterocycles. The van der Waals surface area contributed by atoms with Crippen molar-refractivity contribution in [2.75, 3.05) is 14.7 Å². The van der Waals surface area contributed by atoms with E-state index in [2.05, 4.69) is 239 Å². The molecule has 1 aliphatic carbocycles. The first-order valence-corrected chi connectivity index (χ1v) is 22.0. The zero-order valence-electron chi connectivity index (χ0n) is 34.6. The van der Waals surface area contributed by atoms with Crippen LogP contribution in [0, 0.1) is 0 Å². The van der Waals surface area contributed by atoms with Crippen LogP contribution in [-0.4, -0.2) is 0 Å². The summed E-state index contributed by atoms with van der Waals surface area (Å²) in [5.74, 6) is 0. The number of nitrogens with zero attached hydrogens (tertiary/aromatic N) is 3. The first kappa shape index (κ1) is 35.6. The predicted molar refractivity (Wildman–Crippen MR) is 265 cm³/mol. The minimum Gasteiger partial charge on any atom is -0.309 e. The molecule has 3 aliphatic heterocycles. The molecule has 4 aliphatic rings. The zero-order chi connectivity index (χ0) is 41.4. The molecule has 0 atom stereocenters. The number of anilines is 9. The molecule has 0 aromatic heterocycles. The van der Waals surface area contributed by atoms with Crippen LogP contribution in [0.3, 0.4) is 0 Å². The molecule has 0 radical (unpaired) electrons. The lowest BCUT2D eigenvalue weighted by Crippen LogP contribution is -2.17. The average molecular weight is 804 g/mol. The third-order valence-electron chi connectivity index (χ3n) is 13.3. The predicted octanol–water partition coefficient (Wildman–Crippen LogP) is 17.0. The Morgan fingerprint density at radius 1 is 0.270 bits per heavy atom. The molecule has 9 aromatic carbocycles. The van der Waals surface area contributed by atoms with Gasteiger partial charge in [-0.05, 0) is 101 Å². The summed E-state index contributed by atoms with van der Waals surface area (Å²) < 4.78 is 0. The van der Waals surface area contributed by atoms with Gasteiger partial charge in [0.25, 0.3) is 0 Å². The molecule has 9 aromatic rings. The number of fused-ring (bicyclic) bond motifs is 14. The van der Waals surface area contributed by atoms with E-state index < -0.39 is 0 Å². The van der Waals surface area contributed by atoms with E-state index in [0.717, 1.165) is 58.3 Å². The van der Waals surface area contributed by atoms with Gasteiger partial charge in [0.2, 0.25) is 0 Å². The first-order chi connectivity index (χ1) is 31.3. The lowest BCUT2D eigenvalue weighted by Gasteiger charge is -2.34. The van der Waals surface area contributed by atoms with Gasteiger partial charge < -0.3 is 14.7 Å². The average Bonchev–Trinajstić information content (AvgIpc) is 3.63. The van der Waals surface area contributed by atoms with Crippen molar-refractivity contribution in [3.8, 4) is 44.5 Å². The Hall–Kier alpha value is -8.14. The van der Waals surface area contributed by atoms with Crippen LogP contribution in [0.4, 0.5) is 51.2 Å². The van der Waals surface area contributed by atoms with E-state index in [0.29, 0.717) is 0 Å². The molecule has 13 rings (SSSR count). The second-order valence-electron chi connectivity index (χ2n) is 16.7. The normalized spacial score (nSPS) is 14.0. The summed E-state index contributed by atoms with van der Waals surface area (Å²) in [7, 11) is 0. The third-order valence-corrected chi connectivity index (χ3v) is 13.3. The van der Waals surface area contributed by atoms with Gasteiger partial charge in [0.05, 0.1) is 51.2 Å². The Morgan fingerprint density at radius 2 is 0.540 bits per heavy atom. The largest absolute Gasteiger partial charge is 0.309 e. The van der Waals surface area contributed by atoms with Crippen molar-refractivity contribution < 1.29 is 0 Å². The molecule has 3 heterocycles. The Morgan fingerprint density at radius 3 is 0.905 bits per heavy atom. The van der Waals surface area contributed by atoms with Crippen LogP contribution >= 0.6 is 0 Å². The zero-order valence-corrected chi connectivity index (χ0v) is 34.6. The Kier molecular flexibility index (Phi) is 8.04. The molecule has 0 fully saturated rings. The highest BCUT2D eigenvalue weighted by atomic mass is 15.2. The molecular weight excluding hydrogens is 763 g/mol. The quantitative estimate of drug-likeness (QED) is 0.176. The van der Waals surface area contributed by atoms with E-state index in [9.17, 15) is 0 Å².